The zero-order chi connectivity index (χ0) is 14.7. The molecule has 2 heterocycles. The summed E-state index contributed by atoms with van der Waals surface area (Å²) in [6.07, 6.45) is 4.13. The molecule has 0 atom stereocenters. The Morgan fingerprint density at radius 1 is 1.19 bits per heavy atom. The third-order valence-electron chi connectivity index (χ3n) is 3.95. The van der Waals surface area contributed by atoms with Gasteiger partial charge in [0.15, 0.2) is 0 Å². The van der Waals surface area contributed by atoms with Crippen LogP contribution >= 0.6 is 0 Å². The van der Waals surface area contributed by atoms with Crippen LogP contribution in [0.15, 0.2) is 29.1 Å². The Kier molecular flexibility index (Phi) is 3.99. The van der Waals surface area contributed by atoms with Crippen LogP contribution in [-0.4, -0.2) is 33.9 Å². The van der Waals surface area contributed by atoms with Gasteiger partial charge in [-0.15, -0.1) is 0 Å². The predicted octanol–water partition coefficient (Wildman–Crippen LogP) is 1.87. The van der Waals surface area contributed by atoms with Gasteiger partial charge in [-0.1, -0.05) is 12.1 Å². The van der Waals surface area contributed by atoms with Gasteiger partial charge in [-0.3, -0.25) is 9.59 Å². The van der Waals surface area contributed by atoms with Crippen LogP contribution in [0.3, 0.4) is 0 Å². The zero-order valence-corrected chi connectivity index (χ0v) is 12.0. The maximum Gasteiger partial charge on any atom is 0.270 e. The molecule has 21 heavy (non-hydrogen) atoms. The first kappa shape index (κ1) is 13.8. The number of hydrogen-bond acceptors (Lipinski definition) is 3. The quantitative estimate of drug-likeness (QED) is 0.936. The molecule has 2 aromatic rings. The van der Waals surface area contributed by atoms with E-state index in [0.29, 0.717) is 18.5 Å². The van der Waals surface area contributed by atoms with Crippen LogP contribution in [-0.2, 0) is 11.2 Å². The molecule has 1 saturated heterocycles. The van der Waals surface area contributed by atoms with Crippen molar-refractivity contribution >= 4 is 16.9 Å². The van der Waals surface area contributed by atoms with Gasteiger partial charge < -0.3 is 9.88 Å². The van der Waals surface area contributed by atoms with Gasteiger partial charge in [-0.05, 0) is 31.4 Å². The summed E-state index contributed by atoms with van der Waals surface area (Å²) in [6.45, 7) is 1.70. The molecular weight excluding hydrogens is 266 g/mol. The molecule has 0 spiro atoms. The number of piperidine rings is 1. The van der Waals surface area contributed by atoms with E-state index >= 15 is 0 Å². The van der Waals surface area contributed by atoms with Crippen molar-refractivity contribution in [1.29, 1.82) is 0 Å². The molecule has 0 aliphatic carbocycles. The average Bonchev–Trinajstić information content (AvgIpc) is 2.53. The summed E-state index contributed by atoms with van der Waals surface area (Å²) in [5.74, 6) is 0.129. The molecule has 5 nitrogen and oxygen atoms in total. The number of aryl methyl sites for hydroxylation is 1. The number of para-hydroxylation sites is 2. The Labute approximate surface area is 123 Å². The third kappa shape index (κ3) is 3.12. The fraction of sp³-hybridized carbons (Fsp3) is 0.438. The van der Waals surface area contributed by atoms with Crippen LogP contribution in [0.4, 0.5) is 0 Å². The number of hydrogen-bond donors (Lipinski definition) is 1. The Bertz CT molecular complexity index is 702. The number of aromatic amines is 1. The number of rotatable bonds is 3. The van der Waals surface area contributed by atoms with E-state index in [1.165, 1.54) is 6.42 Å². The number of fused-ring (bicyclic) bond motifs is 1. The second kappa shape index (κ2) is 6.08. The normalized spacial score (nSPS) is 15.3. The molecular formula is C16H19N3O2. The number of likely N-dealkylation sites (tertiary alicyclic amines) is 1. The smallest absolute Gasteiger partial charge is 0.270 e. The van der Waals surface area contributed by atoms with Gasteiger partial charge in [0.25, 0.3) is 5.56 Å². The molecule has 1 aromatic heterocycles. The van der Waals surface area contributed by atoms with E-state index < -0.39 is 0 Å². The predicted molar refractivity (Wildman–Crippen MR) is 81.1 cm³/mol. The minimum atomic E-state index is -0.194. The van der Waals surface area contributed by atoms with Gasteiger partial charge in [-0.25, -0.2) is 4.98 Å². The van der Waals surface area contributed by atoms with Crippen molar-refractivity contribution in [1.82, 2.24) is 14.9 Å². The number of carbonyl (C=O) groups is 1. The molecule has 0 radical (unpaired) electrons. The SMILES string of the molecule is O=C(CCc1nc2ccccc2[nH]c1=O)N1CCCCC1. The Morgan fingerprint density at radius 2 is 1.95 bits per heavy atom. The van der Waals surface area contributed by atoms with Crippen LogP contribution in [0, 0.1) is 0 Å². The van der Waals surface area contributed by atoms with Crippen LogP contribution in [0.5, 0.6) is 0 Å². The van der Waals surface area contributed by atoms with Gasteiger partial charge in [0.2, 0.25) is 5.91 Å². The number of nitrogens with one attached hydrogen (secondary N) is 1. The van der Waals surface area contributed by atoms with Crippen molar-refractivity contribution in [3.8, 4) is 0 Å². The highest BCUT2D eigenvalue weighted by Crippen LogP contribution is 2.11. The fourth-order valence-corrected chi connectivity index (χ4v) is 2.76. The van der Waals surface area contributed by atoms with E-state index in [2.05, 4.69) is 9.97 Å². The van der Waals surface area contributed by atoms with E-state index in [-0.39, 0.29) is 11.5 Å². The van der Waals surface area contributed by atoms with Crippen molar-refractivity contribution in [2.24, 2.45) is 0 Å². The molecule has 5 heteroatoms. The fourth-order valence-electron chi connectivity index (χ4n) is 2.76. The van der Waals surface area contributed by atoms with E-state index in [1.54, 1.807) is 0 Å². The molecule has 1 amide bonds. The van der Waals surface area contributed by atoms with Crippen molar-refractivity contribution < 1.29 is 4.79 Å². The lowest BCUT2D eigenvalue weighted by Gasteiger charge is -2.26. The average molecular weight is 285 g/mol. The maximum absolute atomic E-state index is 12.1. The van der Waals surface area contributed by atoms with Crippen LogP contribution in [0.25, 0.3) is 11.0 Å². The first-order valence-corrected chi connectivity index (χ1v) is 7.50. The summed E-state index contributed by atoms with van der Waals surface area (Å²) in [5.41, 5.74) is 1.74. The lowest BCUT2D eigenvalue weighted by Crippen LogP contribution is -2.36. The zero-order valence-electron chi connectivity index (χ0n) is 12.0. The molecule has 3 rings (SSSR count). The lowest BCUT2D eigenvalue weighted by molar-refractivity contribution is -0.132. The summed E-state index contributed by atoms with van der Waals surface area (Å²) in [6, 6.07) is 7.43. The second-order valence-electron chi connectivity index (χ2n) is 5.47. The molecule has 0 bridgehead atoms. The van der Waals surface area contributed by atoms with E-state index in [9.17, 15) is 9.59 Å². The van der Waals surface area contributed by atoms with Crippen molar-refractivity contribution in [3.63, 3.8) is 0 Å². The highest BCUT2D eigenvalue weighted by atomic mass is 16.2. The largest absolute Gasteiger partial charge is 0.343 e. The molecule has 0 saturated carbocycles. The molecule has 1 aromatic carbocycles. The molecule has 1 aliphatic heterocycles. The van der Waals surface area contributed by atoms with Gasteiger partial charge in [0.05, 0.1) is 11.0 Å². The van der Waals surface area contributed by atoms with Crippen LogP contribution in [0.1, 0.15) is 31.4 Å². The van der Waals surface area contributed by atoms with Gasteiger partial charge >= 0.3 is 0 Å². The van der Waals surface area contributed by atoms with Crippen molar-refractivity contribution in [2.45, 2.75) is 32.1 Å². The molecule has 1 N–H and O–H groups in total. The summed E-state index contributed by atoms with van der Waals surface area (Å²) < 4.78 is 0. The van der Waals surface area contributed by atoms with Gasteiger partial charge in [0.1, 0.15) is 5.69 Å². The van der Waals surface area contributed by atoms with Crippen LogP contribution < -0.4 is 5.56 Å². The van der Waals surface area contributed by atoms with Crippen molar-refractivity contribution in [2.75, 3.05) is 13.1 Å². The Hall–Kier alpha value is -2.17. The minimum Gasteiger partial charge on any atom is -0.343 e. The van der Waals surface area contributed by atoms with Gasteiger partial charge in [-0.2, -0.15) is 0 Å². The Morgan fingerprint density at radius 3 is 2.76 bits per heavy atom. The summed E-state index contributed by atoms with van der Waals surface area (Å²) in [7, 11) is 0. The summed E-state index contributed by atoms with van der Waals surface area (Å²) in [5, 5.41) is 0. The first-order valence-electron chi connectivity index (χ1n) is 7.50. The Balaban J connectivity index is 1.71. The monoisotopic (exact) mass is 285 g/mol. The number of carbonyl (C=O) groups excluding carboxylic acids is 1. The van der Waals surface area contributed by atoms with E-state index in [1.807, 2.05) is 29.2 Å². The minimum absolute atomic E-state index is 0.129. The van der Waals surface area contributed by atoms with Crippen molar-refractivity contribution in [3.05, 3.63) is 40.3 Å². The number of nitrogens with zero attached hydrogens (tertiary/aromatic N) is 2. The van der Waals surface area contributed by atoms with E-state index in [4.69, 9.17) is 0 Å². The summed E-state index contributed by atoms with van der Waals surface area (Å²) >= 11 is 0. The number of amides is 1. The molecule has 1 fully saturated rings. The second-order valence-corrected chi connectivity index (χ2v) is 5.47. The van der Waals surface area contributed by atoms with Crippen LogP contribution in [0.2, 0.25) is 0 Å². The third-order valence-corrected chi connectivity index (χ3v) is 3.95. The first-order chi connectivity index (χ1) is 10.2. The summed E-state index contributed by atoms with van der Waals surface area (Å²) in [4.78, 5) is 33.2. The molecule has 0 unspecified atom stereocenters. The maximum atomic E-state index is 12.1. The standard InChI is InChI=1S/C16H19N3O2/c20-15(19-10-4-1-5-11-19)9-8-14-16(21)18-13-7-3-2-6-12(13)17-14/h2-3,6-7H,1,4-5,8-11H2,(H,18,21). The van der Waals surface area contributed by atoms with E-state index in [0.717, 1.165) is 37.0 Å². The lowest BCUT2D eigenvalue weighted by atomic mass is 10.1. The highest BCUT2D eigenvalue weighted by Gasteiger charge is 2.17. The topological polar surface area (TPSA) is 66.1 Å². The number of H-pyrrole nitrogens is 1. The number of aromatic nitrogens is 2. The molecule has 1 aliphatic rings. The highest BCUT2D eigenvalue weighted by molar-refractivity contribution is 5.77. The number of benzene rings is 1. The molecule has 110 valence electrons. The van der Waals surface area contributed by atoms with Gasteiger partial charge in [0, 0.05) is 25.9 Å².